The number of ketones is 1. The Morgan fingerprint density at radius 1 is 0.970 bits per heavy atom. The first-order valence-electron chi connectivity index (χ1n) is 10.4. The number of esters is 1. The van der Waals surface area contributed by atoms with Crippen LogP contribution in [0.2, 0.25) is 10.0 Å². The van der Waals surface area contributed by atoms with E-state index in [9.17, 15) is 9.59 Å². The van der Waals surface area contributed by atoms with E-state index in [1.807, 2.05) is 12.1 Å². The molecule has 4 nitrogen and oxygen atoms in total. The Kier molecular flexibility index (Phi) is 6.08. The quantitative estimate of drug-likeness (QED) is 0.222. The highest BCUT2D eigenvalue weighted by Crippen LogP contribution is 2.39. The van der Waals surface area contributed by atoms with Gasteiger partial charge in [0.2, 0.25) is 5.78 Å². The van der Waals surface area contributed by atoms with Crippen molar-refractivity contribution in [2.24, 2.45) is 0 Å². The lowest BCUT2D eigenvalue weighted by atomic mass is 9.87. The fourth-order valence-corrected chi connectivity index (χ4v) is 3.80. The molecule has 0 bridgehead atoms. The summed E-state index contributed by atoms with van der Waals surface area (Å²) in [5.41, 5.74) is 3.22. The molecule has 6 heteroatoms. The molecular weight excluding hydrogens is 459 g/mol. The summed E-state index contributed by atoms with van der Waals surface area (Å²) in [6.07, 6.45) is 1.60. The van der Waals surface area contributed by atoms with Crippen LogP contribution in [0.4, 0.5) is 0 Å². The van der Waals surface area contributed by atoms with Gasteiger partial charge in [0.15, 0.2) is 5.76 Å². The number of halogens is 2. The van der Waals surface area contributed by atoms with Crippen molar-refractivity contribution in [1.82, 2.24) is 0 Å². The fourth-order valence-electron chi connectivity index (χ4n) is 3.50. The molecule has 3 aromatic rings. The number of hydrogen-bond acceptors (Lipinski definition) is 4. The molecule has 33 heavy (non-hydrogen) atoms. The summed E-state index contributed by atoms with van der Waals surface area (Å²) in [4.78, 5) is 25.5. The average molecular weight is 481 g/mol. The van der Waals surface area contributed by atoms with Crippen molar-refractivity contribution >= 4 is 41.0 Å². The summed E-state index contributed by atoms with van der Waals surface area (Å²) in [5, 5.41) is 0.811. The first kappa shape index (κ1) is 23.1. The van der Waals surface area contributed by atoms with Gasteiger partial charge in [0.05, 0.1) is 21.2 Å². The van der Waals surface area contributed by atoms with E-state index in [4.69, 9.17) is 32.7 Å². The van der Waals surface area contributed by atoms with E-state index < -0.39 is 5.97 Å². The van der Waals surface area contributed by atoms with Crippen molar-refractivity contribution in [3.63, 3.8) is 0 Å². The van der Waals surface area contributed by atoms with Crippen LogP contribution in [0.3, 0.4) is 0 Å². The summed E-state index contributed by atoms with van der Waals surface area (Å²) in [7, 11) is 0. The first-order chi connectivity index (χ1) is 15.5. The Morgan fingerprint density at radius 2 is 1.67 bits per heavy atom. The Bertz CT molecular complexity index is 1300. The van der Waals surface area contributed by atoms with Gasteiger partial charge < -0.3 is 9.47 Å². The molecule has 0 aliphatic carbocycles. The van der Waals surface area contributed by atoms with Gasteiger partial charge in [-0.2, -0.15) is 0 Å². The zero-order valence-corrected chi connectivity index (χ0v) is 20.2. The van der Waals surface area contributed by atoms with Gasteiger partial charge in [0.25, 0.3) is 0 Å². The zero-order valence-electron chi connectivity index (χ0n) is 18.7. The first-order valence-corrected chi connectivity index (χ1v) is 11.2. The topological polar surface area (TPSA) is 52.6 Å². The molecule has 3 aromatic carbocycles. The predicted molar refractivity (Wildman–Crippen MR) is 131 cm³/mol. The van der Waals surface area contributed by atoms with Gasteiger partial charge in [-0.15, -0.1) is 0 Å². The van der Waals surface area contributed by atoms with E-state index in [1.165, 1.54) is 0 Å². The van der Waals surface area contributed by atoms with Crippen LogP contribution in [0.15, 0.2) is 60.4 Å². The lowest BCUT2D eigenvalue weighted by molar-refractivity contribution is 0.0733. The number of carbonyl (C=O) groups excluding carboxylic acids is 2. The summed E-state index contributed by atoms with van der Waals surface area (Å²) in [6.45, 7) is 8.08. The average Bonchev–Trinajstić information content (AvgIpc) is 3.08. The highest BCUT2D eigenvalue weighted by Gasteiger charge is 2.30. The van der Waals surface area contributed by atoms with Crippen LogP contribution in [0.5, 0.6) is 11.5 Å². The van der Waals surface area contributed by atoms with Crippen LogP contribution in [-0.2, 0) is 5.41 Å². The molecule has 0 radical (unpaired) electrons. The molecule has 0 unspecified atom stereocenters. The van der Waals surface area contributed by atoms with Crippen molar-refractivity contribution in [3.05, 3.63) is 98.2 Å². The van der Waals surface area contributed by atoms with E-state index in [-0.39, 0.29) is 17.0 Å². The van der Waals surface area contributed by atoms with Crippen LogP contribution < -0.4 is 9.47 Å². The van der Waals surface area contributed by atoms with Crippen molar-refractivity contribution in [3.8, 4) is 11.5 Å². The van der Waals surface area contributed by atoms with E-state index in [0.717, 1.165) is 5.56 Å². The van der Waals surface area contributed by atoms with Crippen LogP contribution in [0.1, 0.15) is 58.2 Å². The maximum atomic E-state index is 12.8. The minimum absolute atomic E-state index is 0.00848. The Labute approximate surface area is 202 Å². The molecule has 168 valence electrons. The standard InChI is InChI=1S/C27H22Cl2O4/c1-15-22(33-26(31)17-6-8-18(9-7-17)27(2,3)4)12-10-19-24(30)23(32-25(15)19)14-16-5-11-20(28)21(29)13-16/h5-14H,1-4H3/b23-14-. The fraction of sp³-hybridized carbons (Fsp3) is 0.185. The van der Waals surface area contributed by atoms with Gasteiger partial charge in [-0.05, 0) is 65.9 Å². The minimum Gasteiger partial charge on any atom is -0.452 e. The monoisotopic (exact) mass is 480 g/mol. The number of hydrogen-bond donors (Lipinski definition) is 0. The van der Waals surface area contributed by atoms with E-state index in [0.29, 0.717) is 43.8 Å². The molecule has 1 heterocycles. The summed E-state index contributed by atoms with van der Waals surface area (Å²) < 4.78 is 11.5. The third-order valence-corrected chi connectivity index (χ3v) is 6.21. The number of benzene rings is 3. The Balaban J connectivity index is 1.57. The molecule has 0 spiro atoms. The minimum atomic E-state index is -0.477. The lowest BCUT2D eigenvalue weighted by Crippen LogP contribution is -2.13. The van der Waals surface area contributed by atoms with Gasteiger partial charge >= 0.3 is 5.97 Å². The van der Waals surface area contributed by atoms with E-state index >= 15 is 0 Å². The second-order valence-corrected chi connectivity index (χ2v) is 9.71. The normalized spacial score (nSPS) is 14.2. The van der Waals surface area contributed by atoms with Crippen LogP contribution in [0.25, 0.3) is 6.08 Å². The molecule has 4 rings (SSSR count). The second kappa shape index (κ2) is 8.69. The summed E-state index contributed by atoms with van der Waals surface area (Å²) >= 11 is 12.0. The van der Waals surface area contributed by atoms with Gasteiger partial charge in [-0.1, -0.05) is 62.2 Å². The molecule has 0 saturated carbocycles. The predicted octanol–water partition coefficient (Wildman–Crippen LogP) is 7.43. The molecule has 0 aromatic heterocycles. The summed E-state index contributed by atoms with van der Waals surface area (Å²) in [5.74, 6) is 0.138. The SMILES string of the molecule is Cc1c(OC(=O)c2ccc(C(C)(C)C)cc2)ccc2c1O/C(=C\c1ccc(Cl)c(Cl)c1)C2=O. The number of fused-ring (bicyclic) bond motifs is 1. The maximum absolute atomic E-state index is 12.8. The lowest BCUT2D eigenvalue weighted by Gasteiger charge is -2.19. The van der Waals surface area contributed by atoms with Gasteiger partial charge in [-0.25, -0.2) is 4.79 Å². The summed E-state index contributed by atoms with van der Waals surface area (Å²) in [6, 6.07) is 15.6. The van der Waals surface area contributed by atoms with Crippen molar-refractivity contribution in [2.75, 3.05) is 0 Å². The van der Waals surface area contributed by atoms with Crippen LogP contribution in [0, 0.1) is 6.92 Å². The second-order valence-electron chi connectivity index (χ2n) is 8.90. The smallest absolute Gasteiger partial charge is 0.343 e. The van der Waals surface area contributed by atoms with Crippen molar-refractivity contribution < 1.29 is 19.1 Å². The molecule has 1 aliphatic heterocycles. The largest absolute Gasteiger partial charge is 0.452 e. The Morgan fingerprint density at radius 3 is 2.30 bits per heavy atom. The molecule has 0 saturated heterocycles. The van der Waals surface area contributed by atoms with Gasteiger partial charge in [0, 0.05) is 5.56 Å². The zero-order chi connectivity index (χ0) is 23.9. The van der Waals surface area contributed by atoms with Gasteiger partial charge in [0.1, 0.15) is 11.5 Å². The number of carbonyl (C=O) groups is 2. The molecular formula is C27H22Cl2O4. The molecule has 0 amide bonds. The number of Topliss-reactive ketones (excluding diaryl/α,β-unsaturated/α-hetero) is 1. The van der Waals surface area contributed by atoms with E-state index in [1.54, 1.807) is 55.5 Å². The molecule has 0 fully saturated rings. The van der Waals surface area contributed by atoms with Gasteiger partial charge in [-0.3, -0.25) is 4.79 Å². The number of ether oxygens (including phenoxy) is 2. The van der Waals surface area contributed by atoms with Crippen LogP contribution >= 0.6 is 23.2 Å². The molecule has 1 aliphatic rings. The third-order valence-electron chi connectivity index (χ3n) is 5.47. The van der Waals surface area contributed by atoms with Crippen molar-refractivity contribution in [1.29, 1.82) is 0 Å². The number of rotatable bonds is 3. The third kappa shape index (κ3) is 4.68. The van der Waals surface area contributed by atoms with E-state index in [2.05, 4.69) is 20.8 Å². The van der Waals surface area contributed by atoms with Crippen molar-refractivity contribution in [2.45, 2.75) is 33.1 Å². The highest BCUT2D eigenvalue weighted by molar-refractivity contribution is 6.42. The molecule has 0 N–H and O–H groups in total. The van der Waals surface area contributed by atoms with Crippen LogP contribution in [-0.4, -0.2) is 11.8 Å². The Hall–Kier alpha value is -3.08. The number of allylic oxidation sites excluding steroid dienone is 1. The molecule has 0 atom stereocenters. The highest BCUT2D eigenvalue weighted by atomic mass is 35.5. The maximum Gasteiger partial charge on any atom is 0.343 e.